The lowest BCUT2D eigenvalue weighted by molar-refractivity contribution is -0.124. The van der Waals surface area contributed by atoms with Crippen LogP contribution in [0.1, 0.15) is 24.8 Å². The molecule has 2 aliphatic rings. The van der Waals surface area contributed by atoms with Gasteiger partial charge in [0.15, 0.2) is 0 Å². The smallest absolute Gasteiger partial charge is 0.232 e. The van der Waals surface area contributed by atoms with Gasteiger partial charge in [-0.3, -0.25) is 9.59 Å². The summed E-state index contributed by atoms with van der Waals surface area (Å²) in [5, 5.41) is 2.74. The SMILES string of the molecule is O=C1CC(C(=O)N2CCCCc3ccccc32)CN1. The van der Waals surface area contributed by atoms with Gasteiger partial charge in [-0.1, -0.05) is 18.2 Å². The van der Waals surface area contributed by atoms with Crippen LogP contribution in [-0.4, -0.2) is 24.9 Å². The fourth-order valence-corrected chi connectivity index (χ4v) is 2.92. The molecule has 1 aromatic rings. The number of fused-ring (bicyclic) bond motifs is 1. The van der Waals surface area contributed by atoms with Gasteiger partial charge in [0.2, 0.25) is 11.8 Å². The predicted octanol–water partition coefficient (Wildman–Crippen LogP) is 1.49. The molecule has 0 bridgehead atoms. The lowest BCUT2D eigenvalue weighted by Crippen LogP contribution is -2.37. The van der Waals surface area contributed by atoms with Crippen LogP contribution >= 0.6 is 0 Å². The zero-order valence-corrected chi connectivity index (χ0v) is 10.9. The van der Waals surface area contributed by atoms with Crippen LogP contribution in [0.3, 0.4) is 0 Å². The van der Waals surface area contributed by atoms with Gasteiger partial charge in [0, 0.05) is 25.2 Å². The molecule has 1 unspecified atom stereocenters. The number of rotatable bonds is 1. The molecule has 0 aliphatic carbocycles. The van der Waals surface area contributed by atoms with Gasteiger partial charge in [-0.15, -0.1) is 0 Å². The molecular formula is C15H18N2O2. The minimum atomic E-state index is -0.196. The van der Waals surface area contributed by atoms with Crippen LogP contribution in [-0.2, 0) is 16.0 Å². The zero-order valence-electron chi connectivity index (χ0n) is 10.9. The number of nitrogens with zero attached hydrogens (tertiary/aromatic N) is 1. The summed E-state index contributed by atoms with van der Waals surface area (Å²) in [6, 6.07) is 8.11. The molecule has 1 saturated heterocycles. The third-order valence-electron chi connectivity index (χ3n) is 3.95. The zero-order chi connectivity index (χ0) is 13.2. The first kappa shape index (κ1) is 12.2. The molecule has 4 heteroatoms. The molecule has 2 amide bonds. The van der Waals surface area contributed by atoms with E-state index in [1.807, 2.05) is 23.1 Å². The Bertz CT molecular complexity index is 513. The lowest BCUT2D eigenvalue weighted by atomic mass is 10.1. The third-order valence-corrected chi connectivity index (χ3v) is 3.95. The molecule has 0 aromatic heterocycles. The van der Waals surface area contributed by atoms with E-state index in [4.69, 9.17) is 0 Å². The Hall–Kier alpha value is -1.84. The molecule has 1 aromatic carbocycles. The highest BCUT2D eigenvalue weighted by Crippen LogP contribution is 2.28. The molecule has 1 N–H and O–H groups in total. The fourth-order valence-electron chi connectivity index (χ4n) is 2.92. The quantitative estimate of drug-likeness (QED) is 0.829. The van der Waals surface area contributed by atoms with E-state index in [0.29, 0.717) is 13.0 Å². The van der Waals surface area contributed by atoms with Crippen molar-refractivity contribution >= 4 is 17.5 Å². The van der Waals surface area contributed by atoms with E-state index in [9.17, 15) is 9.59 Å². The molecular weight excluding hydrogens is 240 g/mol. The topological polar surface area (TPSA) is 49.4 Å². The predicted molar refractivity (Wildman–Crippen MR) is 72.8 cm³/mol. The number of carbonyl (C=O) groups is 2. The van der Waals surface area contributed by atoms with Crippen molar-refractivity contribution in [3.8, 4) is 0 Å². The summed E-state index contributed by atoms with van der Waals surface area (Å²) in [5.41, 5.74) is 2.27. The van der Waals surface area contributed by atoms with Gasteiger partial charge in [0.05, 0.1) is 5.92 Å². The van der Waals surface area contributed by atoms with Crippen LogP contribution in [0.4, 0.5) is 5.69 Å². The van der Waals surface area contributed by atoms with Gasteiger partial charge in [0.25, 0.3) is 0 Å². The molecule has 2 heterocycles. The summed E-state index contributed by atoms with van der Waals surface area (Å²) in [6.45, 7) is 1.25. The number of nitrogens with one attached hydrogen (secondary N) is 1. The monoisotopic (exact) mass is 258 g/mol. The first-order valence-corrected chi connectivity index (χ1v) is 6.91. The van der Waals surface area contributed by atoms with Crippen molar-refractivity contribution < 1.29 is 9.59 Å². The lowest BCUT2D eigenvalue weighted by Gasteiger charge is -2.25. The van der Waals surface area contributed by atoms with Crippen molar-refractivity contribution in [3.05, 3.63) is 29.8 Å². The minimum absolute atomic E-state index is 0.0125. The molecule has 0 spiro atoms. The van der Waals surface area contributed by atoms with E-state index in [1.54, 1.807) is 0 Å². The first-order valence-electron chi connectivity index (χ1n) is 6.91. The summed E-state index contributed by atoms with van der Waals surface area (Å²) in [7, 11) is 0. The van der Waals surface area contributed by atoms with Gasteiger partial charge < -0.3 is 10.2 Å². The average molecular weight is 258 g/mol. The van der Waals surface area contributed by atoms with Gasteiger partial charge in [-0.25, -0.2) is 0 Å². The number of hydrogen-bond donors (Lipinski definition) is 1. The number of amides is 2. The van der Waals surface area contributed by atoms with Crippen LogP contribution in [0, 0.1) is 5.92 Å². The number of aryl methyl sites for hydroxylation is 1. The Morgan fingerprint density at radius 2 is 2.11 bits per heavy atom. The number of para-hydroxylation sites is 1. The average Bonchev–Trinajstić information content (AvgIpc) is 2.74. The van der Waals surface area contributed by atoms with Crippen LogP contribution in [0.2, 0.25) is 0 Å². The highest BCUT2D eigenvalue weighted by atomic mass is 16.2. The van der Waals surface area contributed by atoms with Crippen LogP contribution < -0.4 is 10.2 Å². The van der Waals surface area contributed by atoms with Crippen molar-refractivity contribution in [2.75, 3.05) is 18.0 Å². The van der Waals surface area contributed by atoms with E-state index >= 15 is 0 Å². The number of carbonyl (C=O) groups excluding carboxylic acids is 2. The Labute approximate surface area is 112 Å². The van der Waals surface area contributed by atoms with Crippen LogP contribution in [0.25, 0.3) is 0 Å². The number of hydrogen-bond acceptors (Lipinski definition) is 2. The van der Waals surface area contributed by atoms with Crippen molar-refractivity contribution in [1.82, 2.24) is 5.32 Å². The maximum atomic E-state index is 12.6. The van der Waals surface area contributed by atoms with Crippen LogP contribution in [0.15, 0.2) is 24.3 Å². The number of benzene rings is 1. The fraction of sp³-hybridized carbons (Fsp3) is 0.467. The highest BCUT2D eigenvalue weighted by molar-refractivity contribution is 5.99. The summed E-state index contributed by atoms with van der Waals surface area (Å²) in [5.74, 6) is -0.118. The van der Waals surface area contributed by atoms with E-state index in [1.165, 1.54) is 5.56 Å². The largest absolute Gasteiger partial charge is 0.355 e. The molecule has 1 atom stereocenters. The maximum Gasteiger partial charge on any atom is 0.232 e. The molecule has 3 rings (SSSR count). The molecule has 0 radical (unpaired) electrons. The summed E-state index contributed by atoms with van der Waals surface area (Å²) in [4.78, 5) is 25.7. The van der Waals surface area contributed by atoms with Crippen molar-refractivity contribution in [3.63, 3.8) is 0 Å². The standard InChI is InChI=1S/C15H18N2O2/c18-14-9-12(10-16-14)15(19)17-8-4-3-6-11-5-1-2-7-13(11)17/h1-2,5,7,12H,3-4,6,8-10H2,(H,16,18). The molecule has 1 fully saturated rings. The second-order valence-corrected chi connectivity index (χ2v) is 5.28. The van der Waals surface area contributed by atoms with E-state index in [-0.39, 0.29) is 17.7 Å². The second-order valence-electron chi connectivity index (χ2n) is 5.28. The Morgan fingerprint density at radius 3 is 2.89 bits per heavy atom. The summed E-state index contributed by atoms with van der Waals surface area (Å²) >= 11 is 0. The van der Waals surface area contributed by atoms with Gasteiger partial charge in [-0.05, 0) is 30.9 Å². The maximum absolute atomic E-state index is 12.6. The van der Waals surface area contributed by atoms with Gasteiger partial charge in [0.1, 0.15) is 0 Å². The first-order chi connectivity index (χ1) is 9.25. The van der Waals surface area contributed by atoms with E-state index in [2.05, 4.69) is 11.4 Å². The highest BCUT2D eigenvalue weighted by Gasteiger charge is 2.32. The second kappa shape index (κ2) is 5.03. The Balaban J connectivity index is 1.87. The summed E-state index contributed by atoms with van der Waals surface area (Å²) in [6.07, 6.45) is 3.50. The van der Waals surface area contributed by atoms with Crippen LogP contribution in [0.5, 0.6) is 0 Å². The Kier molecular flexibility index (Phi) is 3.23. The molecule has 19 heavy (non-hydrogen) atoms. The van der Waals surface area contributed by atoms with Gasteiger partial charge in [-0.2, -0.15) is 0 Å². The summed E-state index contributed by atoms with van der Waals surface area (Å²) < 4.78 is 0. The van der Waals surface area contributed by atoms with E-state index in [0.717, 1.165) is 31.5 Å². The van der Waals surface area contributed by atoms with Crippen molar-refractivity contribution in [1.29, 1.82) is 0 Å². The number of anilines is 1. The third kappa shape index (κ3) is 2.35. The van der Waals surface area contributed by atoms with Gasteiger partial charge >= 0.3 is 0 Å². The molecule has 4 nitrogen and oxygen atoms in total. The Morgan fingerprint density at radius 1 is 1.26 bits per heavy atom. The van der Waals surface area contributed by atoms with E-state index < -0.39 is 0 Å². The van der Waals surface area contributed by atoms with Crippen molar-refractivity contribution in [2.45, 2.75) is 25.7 Å². The van der Waals surface area contributed by atoms with Crippen molar-refractivity contribution in [2.24, 2.45) is 5.92 Å². The molecule has 100 valence electrons. The minimum Gasteiger partial charge on any atom is -0.355 e. The molecule has 0 saturated carbocycles. The molecule has 2 aliphatic heterocycles. The normalized spacial score (nSPS) is 22.6.